The van der Waals surface area contributed by atoms with Crippen LogP contribution >= 0.6 is 0 Å². The first-order chi connectivity index (χ1) is 26.0. The Bertz CT molecular complexity index is 843. The van der Waals surface area contributed by atoms with Crippen molar-refractivity contribution in [2.45, 2.75) is 250 Å². The van der Waals surface area contributed by atoms with Crippen molar-refractivity contribution in [2.75, 3.05) is 6.61 Å². The second-order valence-electron chi connectivity index (χ2n) is 15.7. The lowest BCUT2D eigenvalue weighted by atomic mass is 10.00. The lowest BCUT2D eigenvalue weighted by molar-refractivity contribution is -0.132. The van der Waals surface area contributed by atoms with Crippen LogP contribution in [-0.4, -0.2) is 57.3 Å². The van der Waals surface area contributed by atoms with Gasteiger partial charge in [0, 0.05) is 0 Å². The highest BCUT2D eigenvalue weighted by atomic mass is 16.3. The summed E-state index contributed by atoms with van der Waals surface area (Å²) in [5.74, 6) is -0.600. The molecule has 53 heavy (non-hydrogen) atoms. The summed E-state index contributed by atoms with van der Waals surface area (Å²) < 4.78 is 0. The first-order valence-electron chi connectivity index (χ1n) is 22.9. The van der Waals surface area contributed by atoms with Gasteiger partial charge in [-0.1, -0.05) is 192 Å². The summed E-state index contributed by atoms with van der Waals surface area (Å²) in [4.78, 5) is 12.5. The van der Waals surface area contributed by atoms with Crippen LogP contribution < -0.4 is 5.32 Å². The Kier molecular flexibility index (Phi) is 40.5. The largest absolute Gasteiger partial charge is 0.394 e. The van der Waals surface area contributed by atoms with Crippen molar-refractivity contribution in [3.8, 4) is 0 Å². The lowest BCUT2D eigenvalue weighted by Crippen LogP contribution is -2.53. The molecule has 1 amide bonds. The number of allylic oxidation sites excluding steroid dienone is 6. The number of nitrogens with one attached hydrogen (secondary N) is 1. The van der Waals surface area contributed by atoms with Gasteiger partial charge in [0.05, 0.1) is 18.8 Å². The highest BCUT2D eigenvalue weighted by Crippen LogP contribution is 2.15. The lowest BCUT2D eigenvalue weighted by Gasteiger charge is -2.27. The molecule has 5 N–H and O–H groups in total. The second kappa shape index (κ2) is 41.7. The third-order valence-corrected chi connectivity index (χ3v) is 10.6. The fraction of sp³-hybridized carbons (Fsp3) is 0.851. The summed E-state index contributed by atoms with van der Waals surface area (Å²) >= 11 is 0. The molecule has 6 heteroatoms. The van der Waals surface area contributed by atoms with E-state index in [0.29, 0.717) is 19.3 Å². The smallest absolute Gasteiger partial charge is 0.249 e. The summed E-state index contributed by atoms with van der Waals surface area (Å²) in [6.45, 7) is 3.98. The van der Waals surface area contributed by atoms with Gasteiger partial charge in [-0.15, -0.1) is 0 Å². The van der Waals surface area contributed by atoms with Gasteiger partial charge >= 0.3 is 0 Å². The zero-order valence-electron chi connectivity index (χ0n) is 35.0. The van der Waals surface area contributed by atoms with Crippen molar-refractivity contribution in [1.29, 1.82) is 0 Å². The van der Waals surface area contributed by atoms with Crippen LogP contribution in [0.2, 0.25) is 0 Å². The van der Waals surface area contributed by atoms with E-state index in [1.54, 1.807) is 0 Å². The Balaban J connectivity index is 3.67. The number of unbranched alkanes of at least 4 members (excludes halogenated alkanes) is 26. The summed E-state index contributed by atoms with van der Waals surface area (Å²) in [6.07, 6.45) is 49.1. The molecule has 312 valence electrons. The van der Waals surface area contributed by atoms with Crippen LogP contribution in [0.4, 0.5) is 0 Å². The molecule has 0 rings (SSSR count). The molecule has 0 aliphatic carbocycles. The molecule has 0 fully saturated rings. The molecule has 0 spiro atoms. The number of rotatable bonds is 41. The fourth-order valence-electron chi connectivity index (χ4n) is 6.87. The number of carbonyl (C=O) groups excluding carboxylic acids is 1. The zero-order valence-corrected chi connectivity index (χ0v) is 35.0. The number of amides is 1. The van der Waals surface area contributed by atoms with Gasteiger partial charge in [0.2, 0.25) is 5.91 Å². The van der Waals surface area contributed by atoms with Crippen molar-refractivity contribution in [1.82, 2.24) is 5.32 Å². The minimum atomic E-state index is -1.29. The van der Waals surface area contributed by atoms with Crippen LogP contribution in [0, 0.1) is 0 Å². The van der Waals surface area contributed by atoms with Crippen LogP contribution in [0.3, 0.4) is 0 Å². The van der Waals surface area contributed by atoms with Crippen LogP contribution in [0.25, 0.3) is 0 Å². The van der Waals surface area contributed by atoms with Crippen molar-refractivity contribution in [3.63, 3.8) is 0 Å². The molecule has 6 nitrogen and oxygen atoms in total. The normalized spacial score (nSPS) is 14.5. The molecule has 0 aliphatic heterocycles. The third-order valence-electron chi connectivity index (χ3n) is 10.6. The van der Waals surface area contributed by atoms with Crippen LogP contribution in [0.5, 0.6) is 0 Å². The van der Waals surface area contributed by atoms with Gasteiger partial charge in [0.15, 0.2) is 0 Å². The number of carbonyl (C=O) groups is 1. The maximum atomic E-state index is 12.5. The summed E-state index contributed by atoms with van der Waals surface area (Å²) in [6, 6.07) is -1.01. The highest BCUT2D eigenvalue weighted by molar-refractivity contribution is 5.80. The van der Waals surface area contributed by atoms with Crippen molar-refractivity contribution in [3.05, 3.63) is 36.5 Å². The minimum Gasteiger partial charge on any atom is -0.394 e. The molecular weight excluding hydrogens is 659 g/mol. The predicted octanol–water partition coefficient (Wildman–Crippen LogP) is 12.1. The van der Waals surface area contributed by atoms with E-state index in [1.165, 1.54) is 148 Å². The van der Waals surface area contributed by atoms with Gasteiger partial charge in [0.1, 0.15) is 12.2 Å². The molecule has 0 aromatic heterocycles. The minimum absolute atomic E-state index is 0.358. The number of hydrogen-bond acceptors (Lipinski definition) is 5. The number of aliphatic hydroxyl groups excluding tert-OH is 4. The average Bonchev–Trinajstić information content (AvgIpc) is 3.16. The van der Waals surface area contributed by atoms with E-state index < -0.39 is 36.9 Å². The van der Waals surface area contributed by atoms with Crippen molar-refractivity contribution in [2.24, 2.45) is 0 Å². The third kappa shape index (κ3) is 36.0. The number of aliphatic hydroxyl groups is 4. The van der Waals surface area contributed by atoms with Gasteiger partial charge in [-0.2, -0.15) is 0 Å². The Morgan fingerprint density at radius 1 is 0.453 bits per heavy atom. The van der Waals surface area contributed by atoms with Crippen molar-refractivity contribution >= 4 is 5.91 Å². The fourth-order valence-corrected chi connectivity index (χ4v) is 6.87. The second-order valence-corrected chi connectivity index (χ2v) is 15.7. The first-order valence-corrected chi connectivity index (χ1v) is 22.9. The van der Waals surface area contributed by atoms with Gasteiger partial charge in [-0.05, 0) is 70.6 Å². The molecule has 4 unspecified atom stereocenters. The Hall–Kier alpha value is -1.47. The van der Waals surface area contributed by atoms with Crippen LogP contribution in [-0.2, 0) is 4.79 Å². The summed E-state index contributed by atoms with van der Waals surface area (Å²) in [7, 11) is 0. The predicted molar refractivity (Wildman–Crippen MR) is 228 cm³/mol. The van der Waals surface area contributed by atoms with Gasteiger partial charge in [-0.25, -0.2) is 0 Å². The molecule has 0 aromatic rings. The monoisotopic (exact) mass is 748 g/mol. The first kappa shape index (κ1) is 51.5. The van der Waals surface area contributed by atoms with Gasteiger partial charge in [-0.3, -0.25) is 4.79 Å². The van der Waals surface area contributed by atoms with E-state index in [4.69, 9.17) is 0 Å². The molecule has 0 saturated carbocycles. The summed E-state index contributed by atoms with van der Waals surface area (Å²) in [5, 5.41) is 43.5. The number of hydrogen-bond donors (Lipinski definition) is 5. The maximum absolute atomic E-state index is 12.5. The molecule has 0 saturated heterocycles. The van der Waals surface area contributed by atoms with Crippen LogP contribution in [0.1, 0.15) is 226 Å². The van der Waals surface area contributed by atoms with E-state index in [2.05, 4.69) is 55.6 Å². The standard InChI is InChI=1S/C47H89NO5/c1-3-5-7-9-11-13-15-16-17-18-19-20-21-22-23-24-25-26-27-28-29-31-33-35-37-39-41-45(51)47(53)48-43(42-49)46(52)44(50)40-38-36-34-32-30-14-12-10-8-6-4-2/h10,12,22-23,32,34,43-46,49-52H,3-9,11,13-21,24-31,33,35-42H2,1-2H3,(H,48,53)/b12-10+,23-22-,34-32+. The average molecular weight is 748 g/mol. The van der Waals surface area contributed by atoms with E-state index in [9.17, 15) is 25.2 Å². The van der Waals surface area contributed by atoms with E-state index in [1.807, 2.05) is 0 Å². The quantitative estimate of drug-likeness (QED) is 0.0316. The van der Waals surface area contributed by atoms with Crippen LogP contribution in [0.15, 0.2) is 36.5 Å². The zero-order chi connectivity index (χ0) is 38.9. The molecule has 4 atom stereocenters. The van der Waals surface area contributed by atoms with E-state index >= 15 is 0 Å². The van der Waals surface area contributed by atoms with E-state index in [0.717, 1.165) is 44.9 Å². The molecule has 0 aliphatic rings. The topological polar surface area (TPSA) is 110 Å². The van der Waals surface area contributed by atoms with E-state index in [-0.39, 0.29) is 0 Å². The summed E-state index contributed by atoms with van der Waals surface area (Å²) in [5.41, 5.74) is 0. The highest BCUT2D eigenvalue weighted by Gasteiger charge is 2.28. The molecule has 0 radical (unpaired) electrons. The van der Waals surface area contributed by atoms with Gasteiger partial charge < -0.3 is 25.7 Å². The molecule has 0 bridgehead atoms. The Morgan fingerprint density at radius 2 is 0.811 bits per heavy atom. The Morgan fingerprint density at radius 3 is 1.25 bits per heavy atom. The van der Waals surface area contributed by atoms with Crippen molar-refractivity contribution < 1.29 is 25.2 Å². The maximum Gasteiger partial charge on any atom is 0.249 e. The molecule has 0 aromatic carbocycles. The van der Waals surface area contributed by atoms with Gasteiger partial charge in [0.25, 0.3) is 0 Å². The Labute approximate surface area is 328 Å². The SMILES string of the molecule is CCCC/C=C/CC/C=C/CCCC(O)C(O)C(CO)NC(=O)C(O)CCCCCCCCCCCC/C=C\CCCCCCCCCCCCCC. The molecular formula is C47H89NO5. The molecule has 0 heterocycles.